The van der Waals surface area contributed by atoms with Gasteiger partial charge in [0.2, 0.25) is 11.8 Å². The Balaban J connectivity index is 2.25. The van der Waals surface area contributed by atoms with E-state index in [0.717, 1.165) is 32.5 Å². The lowest BCUT2D eigenvalue weighted by atomic mass is 10.1. The minimum atomic E-state index is -0.419. The topological polar surface area (TPSA) is 96.2 Å². The Kier molecular flexibility index (Phi) is 4.89. The minimum Gasteiger partial charge on any atom is -0.360 e. The van der Waals surface area contributed by atoms with Crippen molar-refractivity contribution in [1.82, 2.24) is 14.9 Å². The lowest BCUT2D eigenvalue weighted by Crippen LogP contribution is -2.42. The van der Waals surface area contributed by atoms with E-state index in [4.69, 9.17) is 0 Å². The van der Waals surface area contributed by atoms with Crippen molar-refractivity contribution in [2.45, 2.75) is 32.7 Å². The average molecular weight is 294 g/mol. The Morgan fingerprint density at radius 1 is 1.48 bits per heavy atom. The Morgan fingerprint density at radius 2 is 2.24 bits per heavy atom. The summed E-state index contributed by atoms with van der Waals surface area (Å²) < 4.78 is 0. The molecule has 0 spiro atoms. The molecule has 2 rings (SSSR count). The SMILES string of the molecule is CCN1CCCC(Nc2nc(NC)nc(C)c2[N+](=O)[O-])C1. The van der Waals surface area contributed by atoms with Crippen LogP contribution in [-0.2, 0) is 0 Å². The molecule has 1 saturated heterocycles. The van der Waals surface area contributed by atoms with Crippen molar-refractivity contribution < 1.29 is 4.92 Å². The molecule has 0 saturated carbocycles. The van der Waals surface area contributed by atoms with E-state index in [2.05, 4.69) is 32.4 Å². The molecule has 1 aliphatic heterocycles. The highest BCUT2D eigenvalue weighted by molar-refractivity contribution is 5.61. The van der Waals surface area contributed by atoms with Crippen LogP contribution in [0.5, 0.6) is 0 Å². The predicted molar refractivity (Wildman–Crippen MR) is 81.7 cm³/mol. The summed E-state index contributed by atoms with van der Waals surface area (Å²) in [5.41, 5.74) is 0.327. The zero-order valence-electron chi connectivity index (χ0n) is 12.7. The first-order valence-electron chi connectivity index (χ1n) is 7.24. The highest BCUT2D eigenvalue weighted by Crippen LogP contribution is 2.28. The van der Waals surface area contributed by atoms with Crippen LogP contribution in [0.15, 0.2) is 0 Å². The van der Waals surface area contributed by atoms with Gasteiger partial charge in [0.1, 0.15) is 5.69 Å². The van der Waals surface area contributed by atoms with Crippen LogP contribution in [0.1, 0.15) is 25.5 Å². The Morgan fingerprint density at radius 3 is 2.86 bits per heavy atom. The molecule has 1 atom stereocenters. The molecule has 0 radical (unpaired) electrons. The van der Waals surface area contributed by atoms with Gasteiger partial charge < -0.3 is 15.5 Å². The average Bonchev–Trinajstić information content (AvgIpc) is 2.46. The smallest absolute Gasteiger partial charge is 0.332 e. The van der Waals surface area contributed by atoms with Gasteiger partial charge in [-0.2, -0.15) is 4.98 Å². The molecule has 8 heteroatoms. The molecule has 21 heavy (non-hydrogen) atoms. The van der Waals surface area contributed by atoms with Gasteiger partial charge in [0.25, 0.3) is 0 Å². The highest BCUT2D eigenvalue weighted by Gasteiger charge is 2.26. The number of piperidine rings is 1. The molecule has 2 N–H and O–H groups in total. The van der Waals surface area contributed by atoms with Crippen molar-refractivity contribution in [2.75, 3.05) is 37.3 Å². The van der Waals surface area contributed by atoms with E-state index in [1.165, 1.54) is 0 Å². The number of nitrogens with zero attached hydrogens (tertiary/aromatic N) is 4. The van der Waals surface area contributed by atoms with E-state index >= 15 is 0 Å². The third kappa shape index (κ3) is 3.57. The first kappa shape index (κ1) is 15.4. The van der Waals surface area contributed by atoms with Crippen LogP contribution in [0.4, 0.5) is 17.5 Å². The monoisotopic (exact) mass is 294 g/mol. The van der Waals surface area contributed by atoms with Crippen molar-refractivity contribution >= 4 is 17.5 Å². The van der Waals surface area contributed by atoms with Crippen molar-refractivity contribution in [1.29, 1.82) is 0 Å². The first-order chi connectivity index (χ1) is 10.0. The number of hydrogen-bond acceptors (Lipinski definition) is 7. The number of anilines is 2. The standard InChI is InChI=1S/C13H22N6O2/c1-4-18-7-5-6-10(8-18)16-12-11(19(20)21)9(2)15-13(14-3)17-12/h10H,4-8H2,1-3H3,(H2,14,15,16,17). The summed E-state index contributed by atoms with van der Waals surface area (Å²) in [7, 11) is 1.70. The molecule has 1 fully saturated rings. The summed E-state index contributed by atoms with van der Waals surface area (Å²) in [6.07, 6.45) is 2.08. The quantitative estimate of drug-likeness (QED) is 0.629. The van der Waals surface area contributed by atoms with Gasteiger partial charge >= 0.3 is 5.69 Å². The summed E-state index contributed by atoms with van der Waals surface area (Å²) in [5, 5.41) is 17.3. The van der Waals surface area contributed by atoms with Gasteiger partial charge in [-0.1, -0.05) is 6.92 Å². The molecule has 0 aromatic carbocycles. The van der Waals surface area contributed by atoms with Crippen LogP contribution >= 0.6 is 0 Å². The minimum absolute atomic E-state index is 0.0392. The zero-order chi connectivity index (χ0) is 15.4. The van der Waals surface area contributed by atoms with E-state index < -0.39 is 4.92 Å². The van der Waals surface area contributed by atoms with E-state index in [1.54, 1.807) is 14.0 Å². The maximum absolute atomic E-state index is 11.3. The van der Waals surface area contributed by atoms with Crippen LogP contribution in [-0.4, -0.2) is 52.5 Å². The fourth-order valence-corrected chi connectivity index (χ4v) is 2.65. The van der Waals surface area contributed by atoms with Crippen molar-refractivity contribution in [3.05, 3.63) is 15.8 Å². The molecule has 1 aliphatic rings. The van der Waals surface area contributed by atoms with Crippen molar-refractivity contribution in [3.8, 4) is 0 Å². The molecule has 8 nitrogen and oxygen atoms in total. The van der Waals surface area contributed by atoms with Gasteiger partial charge in [-0.05, 0) is 32.9 Å². The maximum Gasteiger partial charge on any atom is 0.332 e. The summed E-state index contributed by atoms with van der Waals surface area (Å²) >= 11 is 0. The van der Waals surface area contributed by atoms with Gasteiger partial charge in [0.05, 0.1) is 4.92 Å². The van der Waals surface area contributed by atoms with E-state index in [1.807, 2.05) is 0 Å². The molecule has 0 amide bonds. The first-order valence-corrected chi connectivity index (χ1v) is 7.24. The largest absolute Gasteiger partial charge is 0.360 e. The Labute approximate surface area is 124 Å². The molecule has 116 valence electrons. The van der Waals surface area contributed by atoms with Crippen molar-refractivity contribution in [3.63, 3.8) is 0 Å². The summed E-state index contributed by atoms with van der Waals surface area (Å²) in [6.45, 7) is 6.71. The van der Waals surface area contributed by atoms with Gasteiger partial charge in [-0.3, -0.25) is 10.1 Å². The lowest BCUT2D eigenvalue weighted by Gasteiger charge is -2.32. The second-order valence-corrected chi connectivity index (χ2v) is 5.21. The molecule has 0 aliphatic carbocycles. The molecule has 1 aromatic rings. The van der Waals surface area contributed by atoms with E-state index in [9.17, 15) is 10.1 Å². The second kappa shape index (κ2) is 6.66. The number of rotatable bonds is 5. The number of nitro groups is 1. The lowest BCUT2D eigenvalue weighted by molar-refractivity contribution is -0.385. The van der Waals surface area contributed by atoms with E-state index in [-0.39, 0.29) is 11.7 Å². The maximum atomic E-state index is 11.3. The van der Waals surface area contributed by atoms with Crippen LogP contribution in [0, 0.1) is 17.0 Å². The third-order valence-electron chi connectivity index (χ3n) is 3.76. The second-order valence-electron chi connectivity index (χ2n) is 5.21. The predicted octanol–water partition coefficient (Wildman–Crippen LogP) is 1.63. The van der Waals surface area contributed by atoms with Crippen LogP contribution in [0.3, 0.4) is 0 Å². The normalized spacial score (nSPS) is 19.3. The fraction of sp³-hybridized carbons (Fsp3) is 0.692. The van der Waals surface area contributed by atoms with Gasteiger partial charge in [-0.25, -0.2) is 4.98 Å². The van der Waals surface area contributed by atoms with Gasteiger partial charge in [-0.15, -0.1) is 0 Å². The third-order valence-corrected chi connectivity index (χ3v) is 3.76. The number of aryl methyl sites for hydroxylation is 1. The number of hydrogen-bond donors (Lipinski definition) is 2. The molecule has 1 aromatic heterocycles. The molecule has 1 unspecified atom stereocenters. The van der Waals surface area contributed by atoms with Crippen LogP contribution < -0.4 is 10.6 Å². The van der Waals surface area contributed by atoms with Gasteiger partial charge in [0, 0.05) is 19.6 Å². The van der Waals surface area contributed by atoms with Crippen LogP contribution in [0.25, 0.3) is 0 Å². The zero-order valence-corrected chi connectivity index (χ0v) is 12.7. The number of likely N-dealkylation sites (N-methyl/N-ethyl adjacent to an activating group) is 1. The molecule has 2 heterocycles. The molecular formula is C13H22N6O2. The number of aromatic nitrogens is 2. The molecular weight excluding hydrogens is 272 g/mol. The molecule has 0 bridgehead atoms. The van der Waals surface area contributed by atoms with Crippen molar-refractivity contribution in [2.24, 2.45) is 0 Å². The summed E-state index contributed by atoms with van der Waals surface area (Å²) in [6, 6.07) is 0.177. The number of nitrogens with one attached hydrogen (secondary N) is 2. The fourth-order valence-electron chi connectivity index (χ4n) is 2.65. The summed E-state index contributed by atoms with van der Waals surface area (Å²) in [5.74, 6) is 0.698. The summed E-state index contributed by atoms with van der Waals surface area (Å²) in [4.78, 5) is 21.5. The van der Waals surface area contributed by atoms with Gasteiger partial charge in [0.15, 0.2) is 0 Å². The Bertz CT molecular complexity index is 522. The number of likely N-dealkylation sites (tertiary alicyclic amines) is 1. The Hall–Kier alpha value is -1.96. The van der Waals surface area contributed by atoms with Crippen LogP contribution in [0.2, 0.25) is 0 Å². The van der Waals surface area contributed by atoms with E-state index in [0.29, 0.717) is 17.5 Å². The highest BCUT2D eigenvalue weighted by atomic mass is 16.6.